The van der Waals surface area contributed by atoms with Crippen molar-refractivity contribution in [2.24, 2.45) is 5.41 Å². The summed E-state index contributed by atoms with van der Waals surface area (Å²) in [7, 11) is 0. The zero-order chi connectivity index (χ0) is 14.7. The maximum absolute atomic E-state index is 6.18. The van der Waals surface area contributed by atoms with E-state index in [-0.39, 0.29) is 5.41 Å². The van der Waals surface area contributed by atoms with E-state index in [1.54, 1.807) is 0 Å². The molecule has 3 rings (SSSR count). The average Bonchev–Trinajstić information content (AvgIpc) is 2.55. The molecule has 21 heavy (non-hydrogen) atoms. The zero-order valence-corrected chi connectivity index (χ0v) is 14.6. The molecule has 0 spiro atoms. The van der Waals surface area contributed by atoms with Gasteiger partial charge in [-0.2, -0.15) is 12.6 Å². The number of ether oxygens (including phenoxy) is 1. The zero-order valence-electron chi connectivity index (χ0n) is 12.1. The first-order valence-corrected chi connectivity index (χ1v) is 9.08. The average molecular weight is 365 g/mol. The molecule has 0 amide bonds. The van der Waals surface area contributed by atoms with Crippen LogP contribution in [0.25, 0.3) is 10.8 Å². The van der Waals surface area contributed by atoms with E-state index in [1.807, 2.05) is 0 Å². The van der Waals surface area contributed by atoms with Gasteiger partial charge in [-0.05, 0) is 51.4 Å². The first kappa shape index (κ1) is 15.2. The van der Waals surface area contributed by atoms with E-state index in [0.717, 1.165) is 22.6 Å². The van der Waals surface area contributed by atoms with Crippen molar-refractivity contribution in [3.8, 4) is 5.75 Å². The van der Waals surface area contributed by atoms with Gasteiger partial charge in [0.2, 0.25) is 0 Å². The van der Waals surface area contributed by atoms with Gasteiger partial charge in [0, 0.05) is 5.41 Å². The van der Waals surface area contributed by atoms with Crippen LogP contribution in [0.2, 0.25) is 0 Å². The molecule has 2 aromatic rings. The summed E-state index contributed by atoms with van der Waals surface area (Å²) in [5, 5.41) is 2.44. The molecule has 0 aliphatic heterocycles. The highest BCUT2D eigenvalue weighted by atomic mass is 79.9. The molecule has 0 saturated heterocycles. The third kappa shape index (κ3) is 3.24. The van der Waals surface area contributed by atoms with Crippen LogP contribution in [-0.2, 0) is 0 Å². The molecule has 0 bridgehead atoms. The third-order valence-corrected chi connectivity index (χ3v) is 6.10. The highest BCUT2D eigenvalue weighted by molar-refractivity contribution is 9.10. The molecule has 0 heterocycles. The normalized spacial score (nSPS) is 17.8. The summed E-state index contributed by atoms with van der Waals surface area (Å²) in [6.07, 6.45) is 6.45. The Morgan fingerprint density at radius 2 is 1.81 bits per heavy atom. The SMILES string of the molecule is SCC1(COc2ccc3ccccc3c2Br)CCCCC1. The van der Waals surface area contributed by atoms with Crippen molar-refractivity contribution in [1.29, 1.82) is 0 Å². The summed E-state index contributed by atoms with van der Waals surface area (Å²) < 4.78 is 7.24. The predicted octanol–water partition coefficient (Wildman–Crippen LogP) is 5.86. The lowest BCUT2D eigenvalue weighted by Gasteiger charge is -2.35. The summed E-state index contributed by atoms with van der Waals surface area (Å²) in [6, 6.07) is 12.6. The van der Waals surface area contributed by atoms with Gasteiger partial charge in [0.15, 0.2) is 0 Å². The Balaban J connectivity index is 1.80. The Hall–Kier alpha value is -0.670. The van der Waals surface area contributed by atoms with Crippen molar-refractivity contribution in [2.45, 2.75) is 32.1 Å². The molecule has 0 radical (unpaired) electrons. The van der Waals surface area contributed by atoms with E-state index in [2.05, 4.69) is 65.0 Å². The lowest BCUT2D eigenvalue weighted by molar-refractivity contribution is 0.120. The molecule has 0 atom stereocenters. The minimum Gasteiger partial charge on any atom is -0.492 e. The number of hydrogen-bond donors (Lipinski definition) is 1. The minimum absolute atomic E-state index is 0.256. The fraction of sp³-hybridized carbons (Fsp3) is 0.444. The summed E-state index contributed by atoms with van der Waals surface area (Å²) in [6.45, 7) is 0.771. The first-order chi connectivity index (χ1) is 10.2. The standard InChI is InChI=1S/C18H21BrOS/c19-17-15-7-3-2-6-14(15)8-9-16(17)20-12-18(13-21)10-4-1-5-11-18/h2-3,6-9,21H,1,4-5,10-13H2. The smallest absolute Gasteiger partial charge is 0.134 e. The number of thiol groups is 1. The summed E-state index contributed by atoms with van der Waals surface area (Å²) in [5.41, 5.74) is 0.256. The van der Waals surface area contributed by atoms with Gasteiger partial charge in [-0.3, -0.25) is 0 Å². The molecule has 2 aromatic carbocycles. The fourth-order valence-corrected chi connectivity index (χ4v) is 4.22. The van der Waals surface area contributed by atoms with Crippen molar-refractivity contribution in [3.05, 3.63) is 40.9 Å². The Morgan fingerprint density at radius 3 is 2.57 bits per heavy atom. The Bertz CT molecular complexity index is 620. The topological polar surface area (TPSA) is 9.23 Å². The van der Waals surface area contributed by atoms with Crippen LogP contribution in [0.5, 0.6) is 5.75 Å². The van der Waals surface area contributed by atoms with Gasteiger partial charge in [0.05, 0.1) is 11.1 Å². The van der Waals surface area contributed by atoms with Crippen LogP contribution in [0.1, 0.15) is 32.1 Å². The molecule has 0 unspecified atom stereocenters. The largest absolute Gasteiger partial charge is 0.492 e. The van der Waals surface area contributed by atoms with E-state index < -0.39 is 0 Å². The van der Waals surface area contributed by atoms with Crippen LogP contribution in [-0.4, -0.2) is 12.4 Å². The molecule has 1 aliphatic carbocycles. The van der Waals surface area contributed by atoms with Crippen LogP contribution in [0, 0.1) is 5.41 Å². The van der Waals surface area contributed by atoms with Crippen LogP contribution in [0.4, 0.5) is 0 Å². The number of hydrogen-bond acceptors (Lipinski definition) is 2. The van der Waals surface area contributed by atoms with E-state index in [4.69, 9.17) is 4.74 Å². The number of halogens is 1. The second kappa shape index (κ2) is 6.62. The van der Waals surface area contributed by atoms with Crippen LogP contribution < -0.4 is 4.74 Å². The van der Waals surface area contributed by atoms with Crippen molar-refractivity contribution in [1.82, 2.24) is 0 Å². The number of rotatable bonds is 4. The van der Waals surface area contributed by atoms with Crippen molar-refractivity contribution in [3.63, 3.8) is 0 Å². The monoisotopic (exact) mass is 364 g/mol. The molecular formula is C18H21BrOS. The van der Waals surface area contributed by atoms with Gasteiger partial charge in [-0.1, -0.05) is 49.6 Å². The van der Waals surface area contributed by atoms with E-state index in [1.165, 1.54) is 42.9 Å². The van der Waals surface area contributed by atoms with Crippen molar-refractivity contribution >= 4 is 39.3 Å². The highest BCUT2D eigenvalue weighted by Crippen LogP contribution is 2.39. The highest BCUT2D eigenvalue weighted by Gasteiger charge is 2.31. The second-order valence-electron chi connectivity index (χ2n) is 6.11. The maximum atomic E-state index is 6.18. The fourth-order valence-electron chi connectivity index (χ4n) is 3.21. The van der Waals surface area contributed by atoms with Crippen LogP contribution in [0.3, 0.4) is 0 Å². The Labute approximate surface area is 140 Å². The van der Waals surface area contributed by atoms with Gasteiger partial charge in [-0.15, -0.1) is 0 Å². The molecule has 3 heteroatoms. The molecule has 1 aliphatic rings. The minimum atomic E-state index is 0.256. The number of benzene rings is 2. The molecule has 1 saturated carbocycles. The van der Waals surface area contributed by atoms with Gasteiger partial charge in [0.25, 0.3) is 0 Å². The van der Waals surface area contributed by atoms with Gasteiger partial charge >= 0.3 is 0 Å². The molecule has 112 valence electrons. The summed E-state index contributed by atoms with van der Waals surface area (Å²) in [5.74, 6) is 1.86. The maximum Gasteiger partial charge on any atom is 0.134 e. The number of fused-ring (bicyclic) bond motifs is 1. The van der Waals surface area contributed by atoms with Crippen LogP contribution >= 0.6 is 28.6 Å². The summed E-state index contributed by atoms with van der Waals surface area (Å²) in [4.78, 5) is 0. The van der Waals surface area contributed by atoms with Crippen molar-refractivity contribution < 1.29 is 4.74 Å². The van der Waals surface area contributed by atoms with Gasteiger partial charge in [0.1, 0.15) is 5.75 Å². The molecule has 0 N–H and O–H groups in total. The second-order valence-corrected chi connectivity index (χ2v) is 7.22. The summed E-state index contributed by atoms with van der Waals surface area (Å²) >= 11 is 8.29. The molecule has 1 fully saturated rings. The lowest BCUT2D eigenvalue weighted by atomic mass is 9.76. The third-order valence-electron chi connectivity index (χ3n) is 4.61. The van der Waals surface area contributed by atoms with Gasteiger partial charge in [-0.25, -0.2) is 0 Å². The first-order valence-electron chi connectivity index (χ1n) is 7.65. The van der Waals surface area contributed by atoms with Crippen LogP contribution in [0.15, 0.2) is 40.9 Å². The van der Waals surface area contributed by atoms with E-state index >= 15 is 0 Å². The van der Waals surface area contributed by atoms with E-state index in [9.17, 15) is 0 Å². The lowest BCUT2D eigenvalue weighted by Crippen LogP contribution is -2.33. The van der Waals surface area contributed by atoms with E-state index in [0.29, 0.717) is 0 Å². The molecule has 0 aromatic heterocycles. The predicted molar refractivity (Wildman–Crippen MR) is 96.5 cm³/mol. The molecule has 1 nitrogen and oxygen atoms in total. The molecular weight excluding hydrogens is 344 g/mol. The quantitative estimate of drug-likeness (QED) is 0.668. The van der Waals surface area contributed by atoms with Gasteiger partial charge < -0.3 is 4.74 Å². The van der Waals surface area contributed by atoms with Crippen molar-refractivity contribution in [2.75, 3.05) is 12.4 Å². The Morgan fingerprint density at radius 1 is 1.05 bits per heavy atom. The Kier molecular flexibility index (Phi) is 4.80.